The minimum atomic E-state index is -0.835. The van der Waals surface area contributed by atoms with Gasteiger partial charge in [0, 0.05) is 6.42 Å². The smallest absolute Gasteiger partial charge is 0.306 e. The van der Waals surface area contributed by atoms with Gasteiger partial charge in [-0.15, -0.1) is 0 Å². The second-order valence-corrected chi connectivity index (χ2v) is 4.12. The number of carboxylic acids is 1. The summed E-state index contributed by atoms with van der Waals surface area (Å²) < 4.78 is 10.8. The summed E-state index contributed by atoms with van der Waals surface area (Å²) in [5.41, 5.74) is 0.283. The van der Waals surface area contributed by atoms with Crippen LogP contribution in [0.15, 0.2) is 24.3 Å². The normalized spacial score (nSPS) is 22.9. The van der Waals surface area contributed by atoms with Gasteiger partial charge in [-0.25, -0.2) is 0 Å². The minimum Gasteiger partial charge on any atom is -0.494 e. The number of benzene rings is 1. The Kier molecular flexibility index (Phi) is 3.33. The summed E-state index contributed by atoms with van der Waals surface area (Å²) in [6.45, 7) is 3.17. The van der Waals surface area contributed by atoms with Crippen LogP contribution in [0.2, 0.25) is 0 Å². The number of aliphatic carboxylic acids is 1. The first kappa shape index (κ1) is 11.9. The second-order valence-electron chi connectivity index (χ2n) is 4.12. The first-order valence-corrected chi connectivity index (χ1v) is 5.75. The molecule has 92 valence electrons. The molecule has 0 aromatic heterocycles. The highest BCUT2D eigenvalue weighted by Crippen LogP contribution is 2.40. The van der Waals surface area contributed by atoms with E-state index in [1.807, 2.05) is 31.2 Å². The standard InChI is InChI=1S/C13H16O4/c1-2-16-11-5-3-10(4-6-11)13(7-8-17-13)9-12(14)15/h3-6H,2,7-9H2,1H3,(H,14,15). The lowest BCUT2D eigenvalue weighted by Crippen LogP contribution is -2.42. The molecule has 1 aliphatic rings. The van der Waals surface area contributed by atoms with Crippen molar-refractivity contribution in [2.45, 2.75) is 25.4 Å². The first-order valence-electron chi connectivity index (χ1n) is 5.75. The molecule has 1 saturated heterocycles. The topological polar surface area (TPSA) is 55.8 Å². The van der Waals surface area contributed by atoms with E-state index in [1.165, 1.54) is 0 Å². The van der Waals surface area contributed by atoms with Gasteiger partial charge in [0.25, 0.3) is 0 Å². The van der Waals surface area contributed by atoms with Gasteiger partial charge >= 0.3 is 5.97 Å². The predicted octanol–water partition coefficient (Wildman–Crippen LogP) is 2.18. The van der Waals surface area contributed by atoms with Gasteiger partial charge < -0.3 is 14.6 Å². The SMILES string of the molecule is CCOc1ccc(C2(CC(=O)O)CCO2)cc1. The molecule has 1 atom stereocenters. The van der Waals surface area contributed by atoms with Crippen LogP contribution in [0.25, 0.3) is 0 Å². The van der Waals surface area contributed by atoms with Crippen molar-refractivity contribution in [3.8, 4) is 5.75 Å². The van der Waals surface area contributed by atoms with Crippen LogP contribution in [0.1, 0.15) is 25.3 Å². The number of ether oxygens (including phenoxy) is 2. The van der Waals surface area contributed by atoms with Crippen molar-refractivity contribution in [1.29, 1.82) is 0 Å². The van der Waals surface area contributed by atoms with Crippen LogP contribution in [-0.2, 0) is 15.1 Å². The Bertz CT molecular complexity index is 392. The van der Waals surface area contributed by atoms with Crippen LogP contribution in [0.5, 0.6) is 5.75 Å². The first-order chi connectivity index (χ1) is 8.16. The third-order valence-corrected chi connectivity index (χ3v) is 3.01. The number of hydrogen-bond acceptors (Lipinski definition) is 3. The van der Waals surface area contributed by atoms with E-state index in [9.17, 15) is 4.79 Å². The van der Waals surface area contributed by atoms with Gasteiger partial charge in [0.2, 0.25) is 0 Å². The monoisotopic (exact) mass is 236 g/mol. The van der Waals surface area contributed by atoms with Gasteiger partial charge in [-0.05, 0) is 24.6 Å². The van der Waals surface area contributed by atoms with Crippen molar-refractivity contribution in [2.75, 3.05) is 13.2 Å². The Labute approximate surface area is 100 Å². The maximum Gasteiger partial charge on any atom is 0.306 e. The van der Waals surface area contributed by atoms with Crippen molar-refractivity contribution in [3.63, 3.8) is 0 Å². The number of hydrogen-bond donors (Lipinski definition) is 1. The lowest BCUT2D eigenvalue weighted by atomic mass is 9.83. The Morgan fingerprint density at radius 1 is 1.47 bits per heavy atom. The van der Waals surface area contributed by atoms with Gasteiger partial charge in [0.05, 0.1) is 19.6 Å². The van der Waals surface area contributed by atoms with Gasteiger partial charge in [-0.3, -0.25) is 4.79 Å². The highest BCUT2D eigenvalue weighted by Gasteiger charge is 2.42. The average molecular weight is 236 g/mol. The van der Waals surface area contributed by atoms with Gasteiger partial charge in [-0.1, -0.05) is 12.1 Å². The summed E-state index contributed by atoms with van der Waals surface area (Å²) in [7, 11) is 0. The van der Waals surface area contributed by atoms with Crippen LogP contribution in [0, 0.1) is 0 Å². The lowest BCUT2D eigenvalue weighted by molar-refractivity contribution is -0.176. The molecule has 1 heterocycles. The van der Waals surface area contributed by atoms with E-state index in [1.54, 1.807) is 0 Å². The number of rotatable bonds is 5. The quantitative estimate of drug-likeness (QED) is 0.851. The number of carbonyl (C=O) groups is 1. The van der Waals surface area contributed by atoms with Crippen LogP contribution in [-0.4, -0.2) is 24.3 Å². The largest absolute Gasteiger partial charge is 0.494 e. The summed E-state index contributed by atoms with van der Waals surface area (Å²) in [4.78, 5) is 10.8. The fraction of sp³-hybridized carbons (Fsp3) is 0.462. The molecule has 0 amide bonds. The molecule has 1 fully saturated rings. The molecule has 0 aliphatic carbocycles. The van der Waals surface area contributed by atoms with E-state index in [4.69, 9.17) is 14.6 Å². The lowest BCUT2D eigenvalue weighted by Gasteiger charge is -2.41. The van der Waals surface area contributed by atoms with Crippen LogP contribution < -0.4 is 4.74 Å². The predicted molar refractivity (Wildman–Crippen MR) is 62.1 cm³/mol. The zero-order valence-corrected chi connectivity index (χ0v) is 9.81. The van der Waals surface area contributed by atoms with Crippen LogP contribution in [0.4, 0.5) is 0 Å². The molecule has 1 N–H and O–H groups in total. The van der Waals surface area contributed by atoms with E-state index in [2.05, 4.69) is 0 Å². The van der Waals surface area contributed by atoms with Crippen molar-refractivity contribution in [3.05, 3.63) is 29.8 Å². The third kappa shape index (κ3) is 2.42. The molecule has 0 saturated carbocycles. The van der Waals surface area contributed by atoms with E-state index in [0.29, 0.717) is 13.2 Å². The molecule has 0 spiro atoms. The Hall–Kier alpha value is -1.55. The van der Waals surface area contributed by atoms with E-state index >= 15 is 0 Å². The number of carboxylic acid groups (broad SMARTS) is 1. The summed E-state index contributed by atoms with van der Waals surface area (Å²) in [6.07, 6.45) is 0.772. The summed E-state index contributed by atoms with van der Waals surface area (Å²) in [6, 6.07) is 7.47. The average Bonchev–Trinajstić information content (AvgIpc) is 2.25. The molecular weight excluding hydrogens is 220 g/mol. The Morgan fingerprint density at radius 2 is 2.12 bits per heavy atom. The second kappa shape index (κ2) is 4.75. The van der Waals surface area contributed by atoms with E-state index in [-0.39, 0.29) is 6.42 Å². The molecule has 0 radical (unpaired) electrons. The molecule has 1 aromatic rings. The van der Waals surface area contributed by atoms with Crippen LogP contribution >= 0.6 is 0 Å². The van der Waals surface area contributed by atoms with E-state index in [0.717, 1.165) is 17.7 Å². The maximum absolute atomic E-state index is 10.8. The molecule has 1 aromatic carbocycles. The van der Waals surface area contributed by atoms with Gasteiger partial charge in [0.15, 0.2) is 0 Å². The van der Waals surface area contributed by atoms with Crippen LogP contribution in [0.3, 0.4) is 0 Å². The third-order valence-electron chi connectivity index (χ3n) is 3.01. The highest BCUT2D eigenvalue weighted by molar-refractivity contribution is 5.69. The van der Waals surface area contributed by atoms with Crippen molar-refractivity contribution in [2.24, 2.45) is 0 Å². The maximum atomic E-state index is 10.8. The molecule has 0 bridgehead atoms. The summed E-state index contributed by atoms with van der Waals surface area (Å²) in [5, 5.41) is 8.91. The minimum absolute atomic E-state index is 0.0149. The van der Waals surface area contributed by atoms with Crippen molar-refractivity contribution < 1.29 is 19.4 Å². The van der Waals surface area contributed by atoms with Gasteiger partial charge in [0.1, 0.15) is 11.4 Å². The van der Waals surface area contributed by atoms with Crippen molar-refractivity contribution in [1.82, 2.24) is 0 Å². The highest BCUT2D eigenvalue weighted by atomic mass is 16.5. The molecule has 1 aliphatic heterocycles. The van der Waals surface area contributed by atoms with Gasteiger partial charge in [-0.2, -0.15) is 0 Å². The zero-order valence-electron chi connectivity index (χ0n) is 9.81. The molecule has 2 rings (SSSR count). The fourth-order valence-corrected chi connectivity index (χ4v) is 2.08. The summed E-state index contributed by atoms with van der Waals surface area (Å²) >= 11 is 0. The molecule has 1 unspecified atom stereocenters. The molecule has 4 nitrogen and oxygen atoms in total. The Balaban J connectivity index is 2.17. The van der Waals surface area contributed by atoms with Crippen molar-refractivity contribution >= 4 is 5.97 Å². The molecule has 4 heteroatoms. The fourth-order valence-electron chi connectivity index (χ4n) is 2.08. The Morgan fingerprint density at radius 3 is 2.53 bits per heavy atom. The molecular formula is C13H16O4. The van der Waals surface area contributed by atoms with E-state index < -0.39 is 11.6 Å². The molecule has 17 heavy (non-hydrogen) atoms. The summed E-state index contributed by atoms with van der Waals surface area (Å²) in [5.74, 6) is -0.0420. The zero-order chi connectivity index (χ0) is 12.3.